The molecule has 17 heavy (non-hydrogen) atoms. The summed E-state index contributed by atoms with van der Waals surface area (Å²) in [6.45, 7) is 4.39. The Bertz CT molecular complexity index is 298. The van der Waals surface area contributed by atoms with E-state index in [9.17, 15) is 9.59 Å². The number of ether oxygens (including phenoxy) is 1. The van der Waals surface area contributed by atoms with Gasteiger partial charge in [0, 0.05) is 6.61 Å². The molecule has 98 valence electrons. The summed E-state index contributed by atoms with van der Waals surface area (Å²) >= 11 is 0. The van der Waals surface area contributed by atoms with Crippen LogP contribution in [0.15, 0.2) is 0 Å². The lowest BCUT2D eigenvalue weighted by molar-refractivity contribution is -0.143. The fraction of sp³-hybridized carbons (Fsp3) is 0.818. The number of carbonyl (C=O) groups is 2. The molecule has 0 saturated carbocycles. The predicted octanol–water partition coefficient (Wildman–Crippen LogP) is -0.280. The van der Waals surface area contributed by atoms with E-state index in [1.165, 1.54) is 0 Å². The first-order valence-electron chi connectivity index (χ1n) is 5.75. The Kier molecular flexibility index (Phi) is 4.47. The van der Waals surface area contributed by atoms with E-state index in [4.69, 9.17) is 15.6 Å². The lowest BCUT2D eigenvalue weighted by Crippen LogP contribution is -2.58. The monoisotopic (exact) mass is 244 g/mol. The van der Waals surface area contributed by atoms with Crippen LogP contribution in [0.3, 0.4) is 0 Å². The van der Waals surface area contributed by atoms with Gasteiger partial charge in [-0.05, 0) is 18.8 Å². The Morgan fingerprint density at radius 1 is 1.53 bits per heavy atom. The molecule has 0 bridgehead atoms. The highest BCUT2D eigenvalue weighted by Gasteiger charge is 2.39. The summed E-state index contributed by atoms with van der Waals surface area (Å²) in [5.74, 6) is -1.29. The molecule has 1 heterocycles. The molecule has 0 spiro atoms. The first-order valence-corrected chi connectivity index (χ1v) is 5.75. The third-order valence-electron chi connectivity index (χ3n) is 2.81. The minimum atomic E-state index is -1.08. The lowest BCUT2D eigenvalue weighted by atomic mass is 9.97. The van der Waals surface area contributed by atoms with Gasteiger partial charge in [0.15, 0.2) is 0 Å². The second-order valence-corrected chi connectivity index (χ2v) is 4.95. The Labute approximate surface area is 101 Å². The smallest absolute Gasteiger partial charge is 0.326 e. The van der Waals surface area contributed by atoms with Crippen LogP contribution in [0.5, 0.6) is 0 Å². The summed E-state index contributed by atoms with van der Waals surface area (Å²) < 4.78 is 5.07. The molecule has 0 aliphatic carbocycles. The van der Waals surface area contributed by atoms with Gasteiger partial charge in [-0.2, -0.15) is 0 Å². The van der Waals surface area contributed by atoms with E-state index in [-0.39, 0.29) is 12.5 Å². The van der Waals surface area contributed by atoms with Crippen LogP contribution in [0, 0.1) is 5.92 Å². The number of amides is 1. The van der Waals surface area contributed by atoms with Crippen LogP contribution in [0.1, 0.15) is 26.7 Å². The predicted molar refractivity (Wildman–Crippen MR) is 61.4 cm³/mol. The maximum Gasteiger partial charge on any atom is 0.326 e. The first-order chi connectivity index (χ1) is 7.85. The highest BCUT2D eigenvalue weighted by atomic mass is 16.5. The first kappa shape index (κ1) is 13.9. The van der Waals surface area contributed by atoms with Crippen molar-refractivity contribution in [2.75, 3.05) is 13.2 Å². The van der Waals surface area contributed by atoms with Gasteiger partial charge in [-0.15, -0.1) is 0 Å². The third-order valence-corrected chi connectivity index (χ3v) is 2.81. The summed E-state index contributed by atoms with van der Waals surface area (Å²) in [5.41, 5.74) is 4.77. The molecule has 1 fully saturated rings. The van der Waals surface area contributed by atoms with Crippen molar-refractivity contribution in [1.82, 2.24) is 5.32 Å². The molecule has 4 N–H and O–H groups in total. The van der Waals surface area contributed by atoms with Gasteiger partial charge < -0.3 is 20.9 Å². The minimum Gasteiger partial charge on any atom is -0.480 e. The molecule has 2 unspecified atom stereocenters. The molecule has 0 aromatic carbocycles. The van der Waals surface area contributed by atoms with Crippen molar-refractivity contribution >= 4 is 11.9 Å². The molecule has 6 nitrogen and oxygen atoms in total. The molecule has 0 aromatic rings. The third kappa shape index (κ3) is 3.67. The molecule has 2 atom stereocenters. The minimum absolute atomic E-state index is 0.146. The van der Waals surface area contributed by atoms with Crippen molar-refractivity contribution in [1.29, 1.82) is 0 Å². The van der Waals surface area contributed by atoms with Crippen LogP contribution in [-0.4, -0.2) is 41.8 Å². The van der Waals surface area contributed by atoms with Gasteiger partial charge in [0.25, 0.3) is 0 Å². The number of hydrogen-bond donors (Lipinski definition) is 3. The number of carbonyl (C=O) groups excluding carboxylic acids is 1. The fourth-order valence-electron chi connectivity index (χ4n) is 1.75. The van der Waals surface area contributed by atoms with Gasteiger partial charge in [-0.3, -0.25) is 4.79 Å². The highest BCUT2D eigenvalue weighted by Crippen LogP contribution is 2.16. The van der Waals surface area contributed by atoms with Crippen molar-refractivity contribution in [2.24, 2.45) is 11.7 Å². The van der Waals surface area contributed by atoms with Crippen LogP contribution < -0.4 is 11.1 Å². The Hall–Kier alpha value is -1.14. The van der Waals surface area contributed by atoms with E-state index < -0.39 is 23.5 Å². The number of rotatable bonds is 5. The average Bonchev–Trinajstić information content (AvgIpc) is 2.64. The SMILES string of the molecule is CC(C)CC(NC(=O)C1(N)CCOC1)C(=O)O. The number of nitrogens with two attached hydrogens (primary N) is 1. The molecule has 0 aromatic heterocycles. The maximum atomic E-state index is 11.9. The second kappa shape index (κ2) is 5.46. The summed E-state index contributed by atoms with van der Waals surface area (Å²) in [5, 5.41) is 11.5. The largest absolute Gasteiger partial charge is 0.480 e. The van der Waals surface area contributed by atoms with Gasteiger partial charge in [-0.1, -0.05) is 13.8 Å². The standard InChI is InChI=1S/C11H20N2O4/c1-7(2)5-8(9(14)15)13-10(16)11(12)3-4-17-6-11/h7-8H,3-6,12H2,1-2H3,(H,13,16)(H,14,15). The topological polar surface area (TPSA) is 102 Å². The van der Waals surface area contributed by atoms with Gasteiger partial charge in [0.05, 0.1) is 6.61 Å². The van der Waals surface area contributed by atoms with E-state index in [1.807, 2.05) is 13.8 Å². The number of hydrogen-bond acceptors (Lipinski definition) is 4. The Morgan fingerprint density at radius 3 is 2.59 bits per heavy atom. The number of nitrogens with one attached hydrogen (secondary N) is 1. The van der Waals surface area contributed by atoms with E-state index in [0.29, 0.717) is 19.4 Å². The van der Waals surface area contributed by atoms with Crippen molar-refractivity contribution in [3.63, 3.8) is 0 Å². The number of aliphatic carboxylic acids is 1. The molecule has 1 aliphatic heterocycles. The molecule has 1 amide bonds. The molecule has 6 heteroatoms. The van der Waals surface area contributed by atoms with E-state index in [2.05, 4.69) is 5.32 Å². The van der Waals surface area contributed by atoms with Gasteiger partial charge in [0.1, 0.15) is 11.6 Å². The maximum absolute atomic E-state index is 11.9. The summed E-state index contributed by atoms with van der Waals surface area (Å²) in [6.07, 6.45) is 0.810. The number of carboxylic acid groups (broad SMARTS) is 1. The van der Waals surface area contributed by atoms with E-state index >= 15 is 0 Å². The number of carboxylic acids is 1. The van der Waals surface area contributed by atoms with Crippen molar-refractivity contribution in [2.45, 2.75) is 38.3 Å². The van der Waals surface area contributed by atoms with Gasteiger partial charge >= 0.3 is 5.97 Å². The molecular formula is C11H20N2O4. The van der Waals surface area contributed by atoms with Crippen molar-refractivity contribution in [3.8, 4) is 0 Å². The molecule has 1 saturated heterocycles. The van der Waals surface area contributed by atoms with Crippen molar-refractivity contribution in [3.05, 3.63) is 0 Å². The van der Waals surface area contributed by atoms with Gasteiger partial charge in [-0.25, -0.2) is 4.79 Å². The van der Waals surface area contributed by atoms with E-state index in [0.717, 1.165) is 0 Å². The highest BCUT2D eigenvalue weighted by molar-refractivity contribution is 5.90. The second-order valence-electron chi connectivity index (χ2n) is 4.95. The molecule has 1 rings (SSSR count). The van der Waals surface area contributed by atoms with Crippen molar-refractivity contribution < 1.29 is 19.4 Å². The van der Waals surface area contributed by atoms with E-state index in [1.54, 1.807) is 0 Å². The average molecular weight is 244 g/mol. The molecule has 0 radical (unpaired) electrons. The van der Waals surface area contributed by atoms with Crippen LogP contribution >= 0.6 is 0 Å². The zero-order valence-corrected chi connectivity index (χ0v) is 10.2. The zero-order chi connectivity index (χ0) is 13.1. The Balaban J connectivity index is 2.60. The van der Waals surface area contributed by atoms with Crippen LogP contribution in [0.25, 0.3) is 0 Å². The van der Waals surface area contributed by atoms with Crippen LogP contribution in [-0.2, 0) is 14.3 Å². The van der Waals surface area contributed by atoms with Crippen LogP contribution in [0.4, 0.5) is 0 Å². The molecular weight excluding hydrogens is 224 g/mol. The molecule has 1 aliphatic rings. The normalized spacial score (nSPS) is 25.9. The Morgan fingerprint density at radius 2 is 2.18 bits per heavy atom. The van der Waals surface area contributed by atoms with Gasteiger partial charge in [0.2, 0.25) is 5.91 Å². The summed E-state index contributed by atoms with van der Waals surface area (Å²) in [7, 11) is 0. The zero-order valence-electron chi connectivity index (χ0n) is 10.2. The quantitative estimate of drug-likeness (QED) is 0.617. The fourth-order valence-corrected chi connectivity index (χ4v) is 1.75. The summed E-state index contributed by atoms with van der Waals surface area (Å²) in [6, 6.07) is -0.886. The van der Waals surface area contributed by atoms with Crippen LogP contribution in [0.2, 0.25) is 0 Å². The summed E-state index contributed by atoms with van der Waals surface area (Å²) in [4.78, 5) is 22.9. The lowest BCUT2D eigenvalue weighted by Gasteiger charge is -2.24.